The molecule has 0 bridgehead atoms. The molecule has 1 aromatic heterocycles. The number of aryl methyl sites for hydroxylation is 2. The Bertz CT molecular complexity index is 484. The number of nitrogens with zero attached hydrogens (tertiary/aromatic N) is 1. The van der Waals surface area contributed by atoms with Crippen molar-refractivity contribution < 1.29 is 12.9 Å². The Morgan fingerprint density at radius 2 is 2.22 bits per heavy atom. The summed E-state index contributed by atoms with van der Waals surface area (Å²) < 4.78 is 31.8. The third-order valence-electron chi connectivity index (χ3n) is 3.17. The van der Waals surface area contributed by atoms with Crippen LogP contribution in [0.5, 0.6) is 0 Å². The van der Waals surface area contributed by atoms with Gasteiger partial charge in [-0.05, 0) is 33.2 Å². The molecule has 0 aromatic carbocycles. The molecule has 1 aliphatic heterocycles. The average Bonchev–Trinajstić information content (AvgIpc) is 2.69. The van der Waals surface area contributed by atoms with E-state index in [1.165, 1.54) is 0 Å². The van der Waals surface area contributed by atoms with Gasteiger partial charge in [0.15, 0.2) is 5.76 Å². The molecule has 1 saturated heterocycles. The maximum atomic E-state index is 12.1. The second-order valence-electron chi connectivity index (χ2n) is 4.65. The summed E-state index contributed by atoms with van der Waals surface area (Å²) in [7, 11) is -3.52. The molecular weight excluding hydrogens is 254 g/mol. The van der Waals surface area contributed by atoms with Gasteiger partial charge in [0.25, 0.3) is 0 Å². The lowest BCUT2D eigenvalue weighted by Crippen LogP contribution is -2.43. The van der Waals surface area contributed by atoms with Crippen molar-refractivity contribution in [2.75, 3.05) is 13.1 Å². The van der Waals surface area contributed by atoms with E-state index in [1.54, 1.807) is 13.8 Å². The number of hydrogen-bond donors (Lipinski definition) is 2. The van der Waals surface area contributed by atoms with Gasteiger partial charge in [0.1, 0.15) is 10.6 Å². The van der Waals surface area contributed by atoms with Crippen molar-refractivity contribution >= 4 is 10.0 Å². The highest BCUT2D eigenvalue weighted by Gasteiger charge is 2.25. The molecule has 1 unspecified atom stereocenters. The number of nitrogens with one attached hydrogen (secondary N) is 2. The van der Waals surface area contributed by atoms with Crippen LogP contribution in [0.3, 0.4) is 0 Å². The molecule has 1 aliphatic rings. The van der Waals surface area contributed by atoms with E-state index in [4.69, 9.17) is 4.52 Å². The van der Waals surface area contributed by atoms with E-state index in [9.17, 15) is 8.42 Å². The standard InChI is InChI=1S/C11H19N3O3S/c1-8-11(9(2)17-14-8)18(15,16)13-7-10-5-3-4-6-12-10/h10,12-13H,3-7H2,1-2H3. The van der Waals surface area contributed by atoms with Gasteiger partial charge >= 0.3 is 0 Å². The highest BCUT2D eigenvalue weighted by molar-refractivity contribution is 7.89. The molecule has 0 aliphatic carbocycles. The van der Waals surface area contributed by atoms with Crippen LogP contribution in [0.1, 0.15) is 30.7 Å². The van der Waals surface area contributed by atoms with E-state index in [0.717, 1.165) is 25.8 Å². The first-order valence-corrected chi connectivity index (χ1v) is 7.65. The first-order valence-electron chi connectivity index (χ1n) is 6.16. The molecule has 1 fully saturated rings. The molecule has 7 heteroatoms. The Balaban J connectivity index is 2.03. The van der Waals surface area contributed by atoms with Crippen molar-refractivity contribution in [3.05, 3.63) is 11.5 Å². The highest BCUT2D eigenvalue weighted by Crippen LogP contribution is 2.18. The summed E-state index contributed by atoms with van der Waals surface area (Å²) in [5, 5.41) is 6.97. The van der Waals surface area contributed by atoms with Crippen molar-refractivity contribution in [2.24, 2.45) is 0 Å². The minimum Gasteiger partial charge on any atom is -0.360 e. The molecule has 2 rings (SSSR count). The van der Waals surface area contributed by atoms with E-state index < -0.39 is 10.0 Å². The Hall–Kier alpha value is -0.920. The molecule has 102 valence electrons. The summed E-state index contributed by atoms with van der Waals surface area (Å²) in [6.07, 6.45) is 3.31. The van der Waals surface area contributed by atoms with Gasteiger partial charge in [0, 0.05) is 12.6 Å². The third-order valence-corrected chi connectivity index (χ3v) is 4.84. The van der Waals surface area contributed by atoms with Gasteiger partial charge < -0.3 is 9.84 Å². The van der Waals surface area contributed by atoms with Crippen LogP contribution >= 0.6 is 0 Å². The summed E-state index contributed by atoms with van der Waals surface area (Å²) in [5.41, 5.74) is 0.400. The van der Waals surface area contributed by atoms with Crippen LogP contribution in [0.2, 0.25) is 0 Å². The zero-order chi connectivity index (χ0) is 13.2. The van der Waals surface area contributed by atoms with Crippen LogP contribution in [0, 0.1) is 13.8 Å². The van der Waals surface area contributed by atoms with Crippen LogP contribution in [0.4, 0.5) is 0 Å². The molecule has 1 atom stereocenters. The summed E-state index contributed by atoms with van der Waals surface area (Å²) in [6.45, 7) is 4.60. The van der Waals surface area contributed by atoms with Gasteiger partial charge in [-0.2, -0.15) is 0 Å². The van der Waals surface area contributed by atoms with E-state index in [0.29, 0.717) is 18.0 Å². The highest BCUT2D eigenvalue weighted by atomic mass is 32.2. The van der Waals surface area contributed by atoms with Gasteiger partial charge in [0.2, 0.25) is 10.0 Å². The zero-order valence-corrected chi connectivity index (χ0v) is 11.5. The molecule has 0 spiro atoms. The first kappa shape index (κ1) is 13.5. The first-order chi connectivity index (χ1) is 8.50. The Labute approximate surface area is 107 Å². The lowest BCUT2D eigenvalue weighted by molar-refractivity contribution is 0.389. The van der Waals surface area contributed by atoms with Gasteiger partial charge in [-0.3, -0.25) is 0 Å². The van der Waals surface area contributed by atoms with Gasteiger partial charge in [-0.25, -0.2) is 13.1 Å². The Morgan fingerprint density at radius 3 is 2.78 bits per heavy atom. The summed E-state index contributed by atoms with van der Waals surface area (Å²) in [5.74, 6) is 0.330. The molecule has 6 nitrogen and oxygen atoms in total. The zero-order valence-electron chi connectivity index (χ0n) is 10.7. The van der Waals surface area contributed by atoms with E-state index >= 15 is 0 Å². The molecule has 0 saturated carbocycles. The van der Waals surface area contributed by atoms with E-state index in [2.05, 4.69) is 15.2 Å². The van der Waals surface area contributed by atoms with E-state index in [-0.39, 0.29) is 10.9 Å². The minimum atomic E-state index is -3.52. The van der Waals surface area contributed by atoms with Gasteiger partial charge in [-0.15, -0.1) is 0 Å². The molecular formula is C11H19N3O3S. The number of rotatable bonds is 4. The Kier molecular flexibility index (Phi) is 4.04. The average molecular weight is 273 g/mol. The van der Waals surface area contributed by atoms with Gasteiger partial charge in [-0.1, -0.05) is 11.6 Å². The smallest absolute Gasteiger partial charge is 0.246 e. The molecule has 18 heavy (non-hydrogen) atoms. The van der Waals surface area contributed by atoms with Crippen LogP contribution in [0.25, 0.3) is 0 Å². The monoisotopic (exact) mass is 273 g/mol. The summed E-state index contributed by atoms with van der Waals surface area (Å²) in [4.78, 5) is 0.165. The second-order valence-corrected chi connectivity index (χ2v) is 6.36. The van der Waals surface area contributed by atoms with Crippen LogP contribution < -0.4 is 10.0 Å². The maximum Gasteiger partial charge on any atom is 0.246 e. The fourth-order valence-electron chi connectivity index (χ4n) is 2.24. The van der Waals surface area contributed by atoms with Crippen molar-refractivity contribution in [1.29, 1.82) is 0 Å². The fourth-order valence-corrected chi connectivity index (χ4v) is 3.65. The predicted octanol–water partition coefficient (Wildman–Crippen LogP) is 0.712. The largest absolute Gasteiger partial charge is 0.360 e. The van der Waals surface area contributed by atoms with E-state index in [1.807, 2.05) is 0 Å². The van der Waals surface area contributed by atoms with Crippen LogP contribution in [-0.4, -0.2) is 32.7 Å². The second kappa shape index (κ2) is 5.38. The molecule has 0 amide bonds. The number of aromatic nitrogens is 1. The predicted molar refractivity (Wildman–Crippen MR) is 66.8 cm³/mol. The molecule has 2 heterocycles. The topological polar surface area (TPSA) is 84.2 Å². The minimum absolute atomic E-state index is 0.165. The molecule has 0 radical (unpaired) electrons. The maximum absolute atomic E-state index is 12.1. The lowest BCUT2D eigenvalue weighted by Gasteiger charge is -2.23. The molecule has 1 aromatic rings. The van der Waals surface area contributed by atoms with Crippen molar-refractivity contribution in [3.8, 4) is 0 Å². The normalized spacial score (nSPS) is 21.1. The lowest BCUT2D eigenvalue weighted by atomic mass is 10.1. The SMILES string of the molecule is Cc1noc(C)c1S(=O)(=O)NCC1CCCCN1. The van der Waals surface area contributed by atoms with Crippen molar-refractivity contribution in [2.45, 2.75) is 44.0 Å². The summed E-state index contributed by atoms with van der Waals surface area (Å²) in [6, 6.07) is 0.217. The number of piperidine rings is 1. The van der Waals surface area contributed by atoms with Crippen molar-refractivity contribution in [1.82, 2.24) is 15.2 Å². The Morgan fingerprint density at radius 1 is 1.44 bits per heavy atom. The van der Waals surface area contributed by atoms with Gasteiger partial charge in [0.05, 0.1) is 0 Å². The third kappa shape index (κ3) is 2.90. The molecule has 2 N–H and O–H groups in total. The van der Waals surface area contributed by atoms with Crippen LogP contribution in [0.15, 0.2) is 9.42 Å². The van der Waals surface area contributed by atoms with Crippen molar-refractivity contribution in [3.63, 3.8) is 0 Å². The number of hydrogen-bond acceptors (Lipinski definition) is 5. The van der Waals surface area contributed by atoms with Crippen LogP contribution in [-0.2, 0) is 10.0 Å². The number of sulfonamides is 1. The quantitative estimate of drug-likeness (QED) is 0.844. The summed E-state index contributed by atoms with van der Waals surface area (Å²) >= 11 is 0. The fraction of sp³-hybridized carbons (Fsp3) is 0.727.